The molecule has 24 heavy (non-hydrogen) atoms. The van der Waals surface area contributed by atoms with Gasteiger partial charge in [-0.15, -0.1) is 11.3 Å². The van der Waals surface area contributed by atoms with Crippen LogP contribution in [0, 0.1) is 6.92 Å². The van der Waals surface area contributed by atoms with Crippen LogP contribution in [-0.4, -0.2) is 37.5 Å². The number of thiophene rings is 1. The van der Waals surface area contributed by atoms with Gasteiger partial charge in [-0.25, -0.2) is 18.1 Å². The number of aryl methyl sites for hydroxylation is 1. The van der Waals surface area contributed by atoms with Gasteiger partial charge < -0.3 is 4.90 Å². The molecule has 0 bridgehead atoms. The molecule has 2 aromatic heterocycles. The summed E-state index contributed by atoms with van der Waals surface area (Å²) in [6, 6.07) is 4.37. The number of aromatic nitrogens is 2. The van der Waals surface area contributed by atoms with E-state index in [0.29, 0.717) is 41.9 Å². The summed E-state index contributed by atoms with van der Waals surface area (Å²) in [5.74, 6) is 0.534. The zero-order valence-electron chi connectivity index (χ0n) is 13.0. The molecule has 1 fully saturated rings. The highest BCUT2D eigenvalue weighted by Gasteiger charge is 2.26. The van der Waals surface area contributed by atoms with Crippen LogP contribution in [0.2, 0.25) is 4.34 Å². The van der Waals surface area contributed by atoms with Crippen molar-refractivity contribution in [3.63, 3.8) is 0 Å². The van der Waals surface area contributed by atoms with Gasteiger partial charge in [-0.05, 0) is 31.9 Å². The molecule has 0 unspecified atom stereocenters. The lowest BCUT2D eigenvalue weighted by Crippen LogP contribution is -2.45. The van der Waals surface area contributed by atoms with Crippen molar-refractivity contribution in [2.45, 2.75) is 30.0 Å². The molecule has 2 N–H and O–H groups in total. The number of anilines is 1. The summed E-state index contributed by atoms with van der Waals surface area (Å²) < 4.78 is 28.0. The fourth-order valence-electron chi connectivity index (χ4n) is 2.64. The minimum atomic E-state index is -3.54. The highest BCUT2D eigenvalue weighted by Crippen LogP contribution is 2.26. The molecule has 1 aliphatic heterocycles. The first-order valence-electron chi connectivity index (χ1n) is 7.44. The molecule has 1 aliphatic rings. The lowest BCUT2D eigenvalue weighted by atomic mass is 10.1. The van der Waals surface area contributed by atoms with Gasteiger partial charge in [0.2, 0.25) is 16.0 Å². The molecular weight excluding hydrogens is 372 g/mol. The molecule has 10 heteroatoms. The molecule has 3 rings (SSSR count). The van der Waals surface area contributed by atoms with Gasteiger partial charge in [0.05, 0.1) is 4.34 Å². The number of H-pyrrole nitrogens is 1. The largest absolute Gasteiger partial charge is 0.342 e. The average molecular weight is 389 g/mol. The number of aromatic amines is 1. The lowest BCUT2D eigenvalue weighted by molar-refractivity contribution is 0.456. The van der Waals surface area contributed by atoms with Crippen LogP contribution >= 0.6 is 22.9 Å². The molecular formula is C14H17ClN4O3S2. The molecule has 1 saturated heterocycles. The van der Waals surface area contributed by atoms with Crippen LogP contribution in [0.5, 0.6) is 0 Å². The third-order valence-corrected chi connectivity index (χ3v) is 7.03. The Labute approximate surface area is 148 Å². The van der Waals surface area contributed by atoms with Crippen LogP contribution < -0.4 is 15.2 Å². The summed E-state index contributed by atoms with van der Waals surface area (Å²) in [7, 11) is -3.54. The SMILES string of the molecule is Cc1cc(=O)[nH]c(N2CCC(NS(=O)(=O)c3ccc(Cl)s3)CC2)n1. The van der Waals surface area contributed by atoms with Crippen molar-refractivity contribution in [2.24, 2.45) is 0 Å². The van der Waals surface area contributed by atoms with Gasteiger partial charge in [0.1, 0.15) is 4.21 Å². The van der Waals surface area contributed by atoms with E-state index >= 15 is 0 Å². The van der Waals surface area contributed by atoms with E-state index in [-0.39, 0.29) is 15.8 Å². The Kier molecular flexibility index (Phi) is 4.95. The molecule has 0 saturated carbocycles. The van der Waals surface area contributed by atoms with Crippen LogP contribution in [0.4, 0.5) is 5.95 Å². The monoisotopic (exact) mass is 388 g/mol. The van der Waals surface area contributed by atoms with Gasteiger partial charge in [-0.3, -0.25) is 9.78 Å². The Morgan fingerprint density at radius 3 is 2.67 bits per heavy atom. The van der Waals surface area contributed by atoms with Gasteiger partial charge in [0.25, 0.3) is 5.56 Å². The summed E-state index contributed by atoms with van der Waals surface area (Å²) in [5, 5.41) is 0. The fraction of sp³-hybridized carbons (Fsp3) is 0.429. The van der Waals surface area contributed by atoms with Crippen LogP contribution in [0.3, 0.4) is 0 Å². The van der Waals surface area contributed by atoms with Crippen LogP contribution in [0.15, 0.2) is 27.2 Å². The molecule has 0 aromatic carbocycles. The summed E-state index contributed by atoms with van der Waals surface area (Å²) in [4.78, 5) is 20.5. The third-order valence-electron chi connectivity index (χ3n) is 3.79. The summed E-state index contributed by atoms with van der Waals surface area (Å²) in [6.45, 7) is 3.00. The molecule has 0 spiro atoms. The number of sulfonamides is 1. The maximum atomic E-state index is 12.3. The highest BCUT2D eigenvalue weighted by atomic mass is 35.5. The predicted molar refractivity (Wildman–Crippen MR) is 94.5 cm³/mol. The molecule has 0 amide bonds. The minimum Gasteiger partial charge on any atom is -0.342 e. The van der Waals surface area contributed by atoms with E-state index in [1.807, 2.05) is 4.90 Å². The van der Waals surface area contributed by atoms with E-state index in [1.165, 1.54) is 12.1 Å². The molecule has 7 nitrogen and oxygen atoms in total. The van der Waals surface area contributed by atoms with Gasteiger partial charge in [-0.2, -0.15) is 0 Å². The van der Waals surface area contributed by atoms with Crippen LogP contribution in [0.1, 0.15) is 18.5 Å². The summed E-state index contributed by atoms with van der Waals surface area (Å²) in [5.41, 5.74) is 0.473. The van der Waals surface area contributed by atoms with Crippen molar-refractivity contribution in [3.8, 4) is 0 Å². The Morgan fingerprint density at radius 2 is 2.08 bits per heavy atom. The van der Waals surface area contributed by atoms with Crippen LogP contribution in [-0.2, 0) is 10.0 Å². The van der Waals surface area contributed by atoms with E-state index in [2.05, 4.69) is 14.7 Å². The van der Waals surface area contributed by atoms with Gasteiger partial charge in [-0.1, -0.05) is 11.6 Å². The second kappa shape index (κ2) is 6.83. The minimum absolute atomic E-state index is 0.149. The zero-order chi connectivity index (χ0) is 17.3. The maximum Gasteiger partial charge on any atom is 0.252 e. The van der Waals surface area contributed by atoms with E-state index in [0.717, 1.165) is 11.3 Å². The van der Waals surface area contributed by atoms with Crippen molar-refractivity contribution in [1.82, 2.24) is 14.7 Å². The van der Waals surface area contributed by atoms with E-state index in [9.17, 15) is 13.2 Å². The van der Waals surface area contributed by atoms with Crippen molar-refractivity contribution < 1.29 is 8.42 Å². The Hall–Kier alpha value is -1.42. The average Bonchev–Trinajstić information content (AvgIpc) is 2.94. The normalized spacial score (nSPS) is 16.5. The number of nitrogens with one attached hydrogen (secondary N) is 2. The van der Waals surface area contributed by atoms with Gasteiger partial charge in [0, 0.05) is 30.9 Å². The summed E-state index contributed by atoms with van der Waals surface area (Å²) in [6.07, 6.45) is 1.27. The maximum absolute atomic E-state index is 12.3. The molecule has 130 valence electrons. The first-order valence-corrected chi connectivity index (χ1v) is 10.1. The Morgan fingerprint density at radius 1 is 1.38 bits per heavy atom. The predicted octanol–water partition coefficient (Wildman–Crippen LogP) is 1.74. The number of nitrogens with zero attached hydrogens (tertiary/aromatic N) is 2. The smallest absolute Gasteiger partial charge is 0.252 e. The molecule has 0 radical (unpaired) electrons. The van der Waals surface area contributed by atoms with Crippen LogP contribution in [0.25, 0.3) is 0 Å². The first-order chi connectivity index (χ1) is 11.3. The summed E-state index contributed by atoms with van der Waals surface area (Å²) >= 11 is 6.84. The van der Waals surface area contributed by atoms with Gasteiger partial charge >= 0.3 is 0 Å². The zero-order valence-corrected chi connectivity index (χ0v) is 15.3. The number of rotatable bonds is 4. The molecule has 3 heterocycles. The second-order valence-corrected chi connectivity index (χ2v) is 9.31. The topological polar surface area (TPSA) is 95.2 Å². The number of hydrogen-bond acceptors (Lipinski definition) is 6. The number of piperidine rings is 1. The van der Waals surface area contributed by atoms with Gasteiger partial charge in [0.15, 0.2) is 0 Å². The second-order valence-electron chi connectivity index (χ2n) is 5.65. The van der Waals surface area contributed by atoms with E-state index in [4.69, 9.17) is 11.6 Å². The molecule has 2 aromatic rings. The first kappa shape index (κ1) is 17.4. The molecule has 0 aliphatic carbocycles. The number of halogens is 1. The Balaban J connectivity index is 1.64. The number of hydrogen-bond donors (Lipinski definition) is 2. The Bertz CT molecular complexity index is 885. The quantitative estimate of drug-likeness (QED) is 0.831. The van der Waals surface area contributed by atoms with E-state index < -0.39 is 10.0 Å². The van der Waals surface area contributed by atoms with Crippen molar-refractivity contribution >= 4 is 38.9 Å². The third kappa shape index (κ3) is 3.97. The van der Waals surface area contributed by atoms with E-state index in [1.54, 1.807) is 13.0 Å². The fourth-order valence-corrected chi connectivity index (χ4v) is 5.45. The van der Waals surface area contributed by atoms with Crippen molar-refractivity contribution in [3.05, 3.63) is 38.6 Å². The van der Waals surface area contributed by atoms with Crippen molar-refractivity contribution in [1.29, 1.82) is 0 Å². The molecule has 0 atom stereocenters. The standard InChI is InChI=1S/C14H17ClN4O3S2/c1-9-8-12(20)17-14(16-9)19-6-4-10(5-7-19)18-24(21,22)13-3-2-11(15)23-13/h2-3,8,10,18H,4-7H2,1H3,(H,16,17,20). The van der Waals surface area contributed by atoms with Crippen molar-refractivity contribution in [2.75, 3.05) is 18.0 Å². The lowest BCUT2D eigenvalue weighted by Gasteiger charge is -2.32. The highest BCUT2D eigenvalue weighted by molar-refractivity contribution is 7.91.